The quantitative estimate of drug-likeness (QED) is 0.0195. The molecule has 6 N–H and O–H groups in total. The second-order valence-electron chi connectivity index (χ2n) is 22.5. The molecule has 11 nitrogen and oxygen atoms in total. The van der Waals surface area contributed by atoms with Crippen molar-refractivity contribution < 1.29 is 49.3 Å². The molecule has 8 unspecified atom stereocenters. The van der Waals surface area contributed by atoms with Gasteiger partial charge in [0.1, 0.15) is 24.4 Å². The minimum atomic E-state index is -1.62. The molecule has 458 valence electrons. The summed E-state index contributed by atoms with van der Waals surface area (Å²) in [6.45, 7) is 5.73. The van der Waals surface area contributed by atoms with Crippen LogP contribution < -0.4 is 5.32 Å². The van der Waals surface area contributed by atoms with Crippen molar-refractivity contribution in [1.29, 1.82) is 0 Å². The normalized spacial score (nSPS) is 19.3. The first-order chi connectivity index (χ1) is 38.7. The van der Waals surface area contributed by atoms with E-state index in [9.17, 15) is 35.1 Å². The van der Waals surface area contributed by atoms with Crippen LogP contribution in [0.15, 0.2) is 72.9 Å². The summed E-state index contributed by atoms with van der Waals surface area (Å²) in [5, 5.41) is 57.0. The summed E-state index contributed by atoms with van der Waals surface area (Å²) in [6, 6.07) is -1.03. The third-order valence-electron chi connectivity index (χ3n) is 15.1. The second kappa shape index (κ2) is 55.6. The Morgan fingerprint density at radius 1 is 0.494 bits per heavy atom. The predicted octanol–water partition coefficient (Wildman–Crippen LogP) is 16.0. The van der Waals surface area contributed by atoms with Crippen molar-refractivity contribution in [3.8, 4) is 0 Å². The number of ether oxygens (including phenoxy) is 3. The van der Waals surface area contributed by atoms with Crippen molar-refractivity contribution in [1.82, 2.24) is 5.32 Å². The SMILES string of the molecule is CCCCC/C=C\C/C=C\C/C=C\CCCCCCC(=O)OC1C(OCC(NC(=O)C(O)CCCCCCCCCCCCCC/C=C\C/C=C\CCCCC)C(O)/C=C/CCCCCCCCCCC)OC(CO)C(O)C1O. The smallest absolute Gasteiger partial charge is 0.306 e. The van der Waals surface area contributed by atoms with Gasteiger partial charge in [-0.2, -0.15) is 0 Å². The molecule has 0 radical (unpaired) electrons. The van der Waals surface area contributed by atoms with Crippen LogP contribution in [-0.2, 0) is 23.8 Å². The molecule has 1 aliphatic heterocycles. The molecule has 11 heteroatoms. The summed E-state index contributed by atoms with van der Waals surface area (Å²) in [5.74, 6) is -1.22. The highest BCUT2D eigenvalue weighted by Gasteiger charge is 2.47. The first kappa shape index (κ1) is 74.1. The predicted molar refractivity (Wildman–Crippen MR) is 329 cm³/mol. The van der Waals surface area contributed by atoms with Gasteiger partial charge in [-0.1, -0.05) is 254 Å². The van der Waals surface area contributed by atoms with E-state index < -0.39 is 67.4 Å². The Morgan fingerprint density at radius 2 is 0.873 bits per heavy atom. The fraction of sp³-hybridized carbons (Fsp3) is 0.794. The van der Waals surface area contributed by atoms with Crippen LogP contribution in [0.25, 0.3) is 0 Å². The molecule has 0 aliphatic carbocycles. The van der Waals surface area contributed by atoms with Gasteiger partial charge in [0, 0.05) is 6.42 Å². The molecule has 1 fully saturated rings. The Kier molecular flexibility index (Phi) is 52.2. The van der Waals surface area contributed by atoms with Crippen molar-refractivity contribution in [2.75, 3.05) is 13.2 Å². The summed E-state index contributed by atoms with van der Waals surface area (Å²) < 4.78 is 17.6. The van der Waals surface area contributed by atoms with Crippen LogP contribution in [0, 0.1) is 0 Å². The number of aliphatic hydroxyl groups is 5. The number of rotatable bonds is 55. The van der Waals surface area contributed by atoms with Gasteiger partial charge in [0.25, 0.3) is 0 Å². The van der Waals surface area contributed by atoms with Crippen LogP contribution in [0.2, 0.25) is 0 Å². The van der Waals surface area contributed by atoms with Crippen LogP contribution in [0.1, 0.15) is 284 Å². The van der Waals surface area contributed by atoms with E-state index in [2.05, 4.69) is 86.8 Å². The van der Waals surface area contributed by atoms with Crippen LogP contribution in [0.5, 0.6) is 0 Å². The number of unbranched alkanes of at least 4 members (excludes halogenated alkanes) is 31. The molecule has 79 heavy (non-hydrogen) atoms. The minimum absolute atomic E-state index is 0.0964. The average Bonchev–Trinajstić information content (AvgIpc) is 3.47. The van der Waals surface area contributed by atoms with Crippen molar-refractivity contribution in [2.45, 2.75) is 333 Å². The van der Waals surface area contributed by atoms with E-state index in [1.54, 1.807) is 6.08 Å². The molecule has 1 rings (SSSR count). The van der Waals surface area contributed by atoms with Gasteiger partial charge in [0.15, 0.2) is 12.4 Å². The number of amides is 1. The zero-order chi connectivity index (χ0) is 57.5. The van der Waals surface area contributed by atoms with Gasteiger partial charge in [-0.3, -0.25) is 9.59 Å². The molecule has 0 aromatic heterocycles. The highest BCUT2D eigenvalue weighted by atomic mass is 16.7. The lowest BCUT2D eigenvalue weighted by atomic mass is 9.99. The summed E-state index contributed by atoms with van der Waals surface area (Å²) in [6.07, 6.45) is 60.8. The third-order valence-corrected chi connectivity index (χ3v) is 15.1. The zero-order valence-electron chi connectivity index (χ0n) is 50.7. The number of hydrogen-bond donors (Lipinski definition) is 6. The molecule has 8 atom stereocenters. The number of carbonyl (C=O) groups is 2. The van der Waals surface area contributed by atoms with Crippen molar-refractivity contribution in [2.24, 2.45) is 0 Å². The Hall–Kier alpha value is -2.90. The molecule has 1 amide bonds. The molecular weight excluding hydrogens is 991 g/mol. The fourth-order valence-corrected chi connectivity index (χ4v) is 9.86. The molecule has 0 saturated carbocycles. The van der Waals surface area contributed by atoms with Crippen LogP contribution in [0.3, 0.4) is 0 Å². The van der Waals surface area contributed by atoms with E-state index in [0.717, 1.165) is 89.9 Å². The number of esters is 1. The molecule has 0 spiro atoms. The largest absolute Gasteiger partial charge is 0.454 e. The van der Waals surface area contributed by atoms with E-state index >= 15 is 0 Å². The minimum Gasteiger partial charge on any atom is -0.454 e. The van der Waals surface area contributed by atoms with Gasteiger partial charge in [0.2, 0.25) is 5.91 Å². The van der Waals surface area contributed by atoms with Crippen molar-refractivity contribution in [3.05, 3.63) is 72.9 Å². The maximum absolute atomic E-state index is 13.4. The first-order valence-corrected chi connectivity index (χ1v) is 32.7. The standard InChI is InChI=1S/C68H121NO10/c1-4-7-10-13-16-19-22-24-26-28-29-30-31-32-34-35-37-40-43-46-49-52-55-61(72)67(76)69-59(60(71)54-51-48-45-42-39-21-18-15-12-9-6-3)58-77-68-66(65(75)64(74)62(57-70)78-68)79-63(73)56-53-50-47-44-41-38-36-33-27-25-23-20-17-14-11-8-5-2/h16-17,19-20,24-27,36,38,51,54,59-62,64-66,68,70-72,74-75H,4-15,18,21-23,28-35,37,39-50,52-53,55-58H2,1-3H3,(H,69,76)/b19-16-,20-17-,26-24-,27-25-,38-36-,54-51+. The second-order valence-corrected chi connectivity index (χ2v) is 22.5. The molecule has 0 aromatic carbocycles. The lowest BCUT2D eigenvalue weighted by Crippen LogP contribution is -2.61. The molecule has 1 heterocycles. The van der Waals surface area contributed by atoms with E-state index in [0.29, 0.717) is 12.8 Å². The van der Waals surface area contributed by atoms with Crippen molar-refractivity contribution >= 4 is 11.9 Å². The Bertz CT molecular complexity index is 1560. The summed E-state index contributed by atoms with van der Waals surface area (Å²) in [5.41, 5.74) is 0. The first-order valence-electron chi connectivity index (χ1n) is 32.7. The van der Waals surface area contributed by atoms with Gasteiger partial charge in [-0.15, -0.1) is 0 Å². The number of nitrogens with one attached hydrogen (secondary N) is 1. The Balaban J connectivity index is 2.63. The summed E-state index contributed by atoms with van der Waals surface area (Å²) in [7, 11) is 0. The molecule has 1 saturated heterocycles. The van der Waals surface area contributed by atoms with Gasteiger partial charge < -0.3 is 45.1 Å². The monoisotopic (exact) mass is 1110 g/mol. The Morgan fingerprint density at radius 3 is 1.33 bits per heavy atom. The fourth-order valence-electron chi connectivity index (χ4n) is 9.86. The highest BCUT2D eigenvalue weighted by molar-refractivity contribution is 5.80. The van der Waals surface area contributed by atoms with Gasteiger partial charge in [-0.25, -0.2) is 0 Å². The summed E-state index contributed by atoms with van der Waals surface area (Å²) >= 11 is 0. The topological polar surface area (TPSA) is 175 Å². The maximum atomic E-state index is 13.4. The van der Waals surface area contributed by atoms with Gasteiger partial charge in [0.05, 0.1) is 25.4 Å². The zero-order valence-corrected chi connectivity index (χ0v) is 50.7. The molecule has 1 aliphatic rings. The number of carbonyl (C=O) groups excluding carboxylic acids is 2. The van der Waals surface area contributed by atoms with Crippen LogP contribution >= 0.6 is 0 Å². The number of allylic oxidation sites excluding steroid dienone is 11. The number of hydrogen-bond acceptors (Lipinski definition) is 10. The molecule has 0 aromatic rings. The van der Waals surface area contributed by atoms with Crippen molar-refractivity contribution in [3.63, 3.8) is 0 Å². The highest BCUT2D eigenvalue weighted by Crippen LogP contribution is 2.26. The lowest BCUT2D eigenvalue weighted by Gasteiger charge is -2.41. The van der Waals surface area contributed by atoms with E-state index in [1.165, 1.54) is 148 Å². The average molecular weight is 1110 g/mol. The third kappa shape index (κ3) is 43.5. The molecule has 0 bridgehead atoms. The van der Waals surface area contributed by atoms with E-state index in [1.807, 2.05) is 6.08 Å². The Labute approximate surface area is 483 Å². The van der Waals surface area contributed by atoms with Crippen LogP contribution in [-0.4, -0.2) is 99.6 Å². The summed E-state index contributed by atoms with van der Waals surface area (Å²) in [4.78, 5) is 26.6. The van der Waals surface area contributed by atoms with E-state index in [-0.39, 0.29) is 19.4 Å². The van der Waals surface area contributed by atoms with Gasteiger partial charge >= 0.3 is 5.97 Å². The van der Waals surface area contributed by atoms with E-state index in [4.69, 9.17) is 14.2 Å². The molecular formula is C68H121NO10. The lowest BCUT2D eigenvalue weighted by molar-refractivity contribution is -0.305. The number of aliphatic hydroxyl groups excluding tert-OH is 5. The maximum Gasteiger partial charge on any atom is 0.306 e. The van der Waals surface area contributed by atoms with Crippen LogP contribution in [0.4, 0.5) is 0 Å². The van der Waals surface area contributed by atoms with Gasteiger partial charge in [-0.05, 0) is 96.3 Å².